The molecule has 0 saturated carbocycles. The monoisotopic (exact) mass is 350 g/mol. The molecule has 0 bridgehead atoms. The van der Waals surface area contributed by atoms with E-state index in [1.807, 2.05) is 18.8 Å². The fourth-order valence-electron chi connectivity index (χ4n) is 4.73. The van der Waals surface area contributed by atoms with Crippen LogP contribution in [-0.2, 0) is 23.1 Å². The first-order valence-electron chi connectivity index (χ1n) is 9.48. The number of likely N-dealkylation sites (tertiary alicyclic amines) is 2. The summed E-state index contributed by atoms with van der Waals surface area (Å²) in [6.07, 6.45) is 2.53. The largest absolute Gasteiger partial charge is 0.384 e. The van der Waals surface area contributed by atoms with Crippen LogP contribution in [0.15, 0.2) is 6.07 Å². The molecule has 2 saturated heterocycles. The second-order valence-corrected chi connectivity index (χ2v) is 7.92. The number of ether oxygens (including phenoxy) is 2. The topological polar surface area (TPSA) is 42.8 Å². The summed E-state index contributed by atoms with van der Waals surface area (Å²) in [5.74, 6) is 0.649. The third-order valence-electron chi connectivity index (χ3n) is 6.20. The lowest BCUT2D eigenvalue weighted by Gasteiger charge is -2.42. The summed E-state index contributed by atoms with van der Waals surface area (Å²) in [6, 6.07) is 2.21. The molecule has 2 aliphatic rings. The van der Waals surface area contributed by atoms with Crippen LogP contribution in [0.25, 0.3) is 0 Å². The van der Waals surface area contributed by atoms with Crippen molar-refractivity contribution in [2.75, 3.05) is 60.2 Å². The minimum Gasteiger partial charge on any atom is -0.384 e. The Bertz CT molecular complexity index is 552. The lowest BCUT2D eigenvalue weighted by atomic mass is 9.71. The average Bonchev–Trinajstić information content (AvgIpc) is 3.08. The maximum Gasteiger partial charge on any atom is 0.0597 e. The summed E-state index contributed by atoms with van der Waals surface area (Å²) in [4.78, 5) is 5.16. The Hall–Kier alpha value is -0.950. The van der Waals surface area contributed by atoms with Gasteiger partial charge in [-0.1, -0.05) is 0 Å². The van der Waals surface area contributed by atoms with Gasteiger partial charge in [-0.05, 0) is 44.3 Å². The molecule has 1 atom stereocenters. The Balaban J connectivity index is 1.59. The fourth-order valence-corrected chi connectivity index (χ4v) is 4.73. The summed E-state index contributed by atoms with van der Waals surface area (Å²) in [7, 11) is 5.68. The third-order valence-corrected chi connectivity index (χ3v) is 6.20. The molecular weight excluding hydrogens is 316 g/mol. The summed E-state index contributed by atoms with van der Waals surface area (Å²) in [5, 5.41) is 4.48. The number of hydrogen-bond acceptors (Lipinski definition) is 5. The second-order valence-electron chi connectivity index (χ2n) is 7.92. The van der Waals surface area contributed by atoms with Crippen molar-refractivity contribution >= 4 is 0 Å². The highest BCUT2D eigenvalue weighted by molar-refractivity contribution is 5.09. The van der Waals surface area contributed by atoms with Crippen LogP contribution in [0.2, 0.25) is 0 Å². The molecule has 0 unspecified atom stereocenters. The van der Waals surface area contributed by atoms with Crippen LogP contribution < -0.4 is 0 Å². The zero-order valence-corrected chi connectivity index (χ0v) is 16.3. The second kappa shape index (κ2) is 8.16. The Morgan fingerprint density at radius 2 is 1.96 bits per heavy atom. The molecule has 25 heavy (non-hydrogen) atoms. The highest BCUT2D eigenvalue weighted by atomic mass is 16.5. The van der Waals surface area contributed by atoms with Gasteiger partial charge < -0.3 is 14.4 Å². The van der Waals surface area contributed by atoms with Crippen LogP contribution in [0.4, 0.5) is 0 Å². The van der Waals surface area contributed by atoms with Gasteiger partial charge in [0.25, 0.3) is 0 Å². The van der Waals surface area contributed by atoms with E-state index in [4.69, 9.17) is 9.47 Å². The maximum atomic E-state index is 5.56. The number of hydrogen-bond donors (Lipinski definition) is 0. The minimum atomic E-state index is 0.419. The van der Waals surface area contributed by atoms with Crippen LogP contribution in [0.5, 0.6) is 0 Å². The highest BCUT2D eigenvalue weighted by Gasteiger charge is 2.47. The smallest absolute Gasteiger partial charge is 0.0597 e. The molecule has 1 aromatic heterocycles. The van der Waals surface area contributed by atoms with Crippen LogP contribution in [-0.4, -0.2) is 79.7 Å². The van der Waals surface area contributed by atoms with Gasteiger partial charge in [0.1, 0.15) is 0 Å². The van der Waals surface area contributed by atoms with Gasteiger partial charge in [-0.15, -0.1) is 0 Å². The first kappa shape index (κ1) is 18.8. The van der Waals surface area contributed by atoms with Crippen molar-refractivity contribution in [3.63, 3.8) is 0 Å². The molecule has 6 heteroatoms. The molecule has 0 aliphatic carbocycles. The van der Waals surface area contributed by atoms with E-state index in [1.54, 1.807) is 7.11 Å². The lowest BCUT2D eigenvalue weighted by Crippen LogP contribution is -2.45. The van der Waals surface area contributed by atoms with E-state index in [-0.39, 0.29) is 0 Å². The Morgan fingerprint density at radius 1 is 1.20 bits per heavy atom. The van der Waals surface area contributed by atoms with E-state index in [0.29, 0.717) is 11.3 Å². The lowest BCUT2D eigenvalue weighted by molar-refractivity contribution is 0.0341. The molecule has 1 aromatic rings. The zero-order chi connectivity index (χ0) is 17.9. The average molecular weight is 351 g/mol. The van der Waals surface area contributed by atoms with Crippen LogP contribution in [0, 0.1) is 18.3 Å². The predicted molar refractivity (Wildman–Crippen MR) is 98.6 cm³/mol. The van der Waals surface area contributed by atoms with Crippen LogP contribution >= 0.6 is 0 Å². The van der Waals surface area contributed by atoms with E-state index in [9.17, 15) is 0 Å². The van der Waals surface area contributed by atoms with Gasteiger partial charge in [-0.3, -0.25) is 9.58 Å². The quantitative estimate of drug-likeness (QED) is 0.746. The van der Waals surface area contributed by atoms with Gasteiger partial charge in [-0.2, -0.15) is 5.10 Å². The Morgan fingerprint density at radius 3 is 2.56 bits per heavy atom. The fraction of sp³-hybridized carbons (Fsp3) is 0.842. The van der Waals surface area contributed by atoms with Crippen LogP contribution in [0.3, 0.4) is 0 Å². The maximum absolute atomic E-state index is 5.56. The van der Waals surface area contributed by atoms with Crippen molar-refractivity contribution < 1.29 is 9.47 Å². The number of piperidine rings is 1. The van der Waals surface area contributed by atoms with E-state index in [0.717, 1.165) is 38.5 Å². The zero-order valence-electron chi connectivity index (χ0n) is 16.3. The molecule has 0 amide bonds. The summed E-state index contributed by atoms with van der Waals surface area (Å²) in [6.45, 7) is 10.5. The summed E-state index contributed by atoms with van der Waals surface area (Å²) in [5.41, 5.74) is 2.84. The van der Waals surface area contributed by atoms with E-state index < -0.39 is 0 Å². The van der Waals surface area contributed by atoms with Gasteiger partial charge in [0.05, 0.1) is 24.6 Å². The van der Waals surface area contributed by atoms with Gasteiger partial charge >= 0.3 is 0 Å². The van der Waals surface area contributed by atoms with Crippen molar-refractivity contribution in [3.05, 3.63) is 17.5 Å². The van der Waals surface area contributed by atoms with E-state index >= 15 is 0 Å². The minimum absolute atomic E-state index is 0.419. The number of aromatic nitrogens is 2. The van der Waals surface area contributed by atoms with Crippen molar-refractivity contribution in [2.45, 2.75) is 26.3 Å². The SMILES string of the molecule is COCCN1C[C@@H](COC)C2(CCN(Cc3cc(C)nn3C)CC2)C1. The molecule has 0 N–H and O–H groups in total. The van der Waals surface area contributed by atoms with Crippen molar-refractivity contribution in [2.24, 2.45) is 18.4 Å². The predicted octanol–water partition coefficient (Wildman–Crippen LogP) is 1.54. The standard InChI is InChI=1S/C19H34N4O2/c1-16-11-18(21(2)20-16)13-22-7-5-19(6-8-22)15-23(9-10-24-3)12-17(19)14-25-4/h11,17H,5-10,12-15H2,1-4H3/t17-/m0/s1. The van der Waals surface area contributed by atoms with Gasteiger partial charge in [0, 0.05) is 53.4 Å². The molecule has 142 valence electrons. The number of aryl methyl sites for hydroxylation is 2. The summed E-state index contributed by atoms with van der Waals surface area (Å²) >= 11 is 0. The number of nitrogens with zero attached hydrogens (tertiary/aromatic N) is 4. The first-order valence-corrected chi connectivity index (χ1v) is 9.48. The highest BCUT2D eigenvalue weighted by Crippen LogP contribution is 2.44. The molecule has 1 spiro atoms. The van der Waals surface area contributed by atoms with Gasteiger partial charge in [0.15, 0.2) is 0 Å². The first-order chi connectivity index (χ1) is 12.1. The van der Waals surface area contributed by atoms with Crippen molar-refractivity contribution in [3.8, 4) is 0 Å². The molecule has 0 radical (unpaired) electrons. The van der Waals surface area contributed by atoms with Crippen molar-refractivity contribution in [1.82, 2.24) is 19.6 Å². The molecular formula is C19H34N4O2. The molecule has 2 fully saturated rings. The van der Waals surface area contributed by atoms with Crippen LogP contribution in [0.1, 0.15) is 24.2 Å². The molecule has 3 heterocycles. The number of methoxy groups -OCH3 is 2. The number of rotatable bonds is 7. The molecule has 2 aliphatic heterocycles. The van der Waals surface area contributed by atoms with E-state index in [1.165, 1.54) is 38.2 Å². The molecule has 0 aromatic carbocycles. The summed E-state index contributed by atoms with van der Waals surface area (Å²) < 4.78 is 12.9. The van der Waals surface area contributed by atoms with E-state index in [2.05, 4.69) is 27.9 Å². The Labute approximate surface area is 152 Å². The third kappa shape index (κ3) is 4.25. The molecule has 3 rings (SSSR count). The normalized spacial score (nSPS) is 24.4. The Kier molecular flexibility index (Phi) is 6.15. The van der Waals surface area contributed by atoms with Gasteiger partial charge in [-0.25, -0.2) is 0 Å². The molecule has 6 nitrogen and oxygen atoms in total. The van der Waals surface area contributed by atoms with Crippen molar-refractivity contribution in [1.29, 1.82) is 0 Å². The van der Waals surface area contributed by atoms with Gasteiger partial charge in [0.2, 0.25) is 0 Å².